The number of hydrogen-bond donors (Lipinski definition) is 1. The van der Waals surface area contributed by atoms with Gasteiger partial charge in [-0.1, -0.05) is 66.2 Å². The molecule has 1 aliphatic heterocycles. The van der Waals surface area contributed by atoms with Crippen molar-refractivity contribution in [3.8, 4) is 0 Å². The van der Waals surface area contributed by atoms with Crippen LogP contribution < -0.4 is 0 Å². The van der Waals surface area contributed by atoms with E-state index in [-0.39, 0.29) is 24.1 Å². The number of aromatic nitrogens is 1. The maximum atomic E-state index is 12.7. The number of aromatic amines is 1. The molecule has 6 heteroatoms. The first-order valence-corrected chi connectivity index (χ1v) is 9.41. The molecule has 1 N–H and O–H groups in total. The Bertz CT molecular complexity index is 1000. The molecule has 0 saturated carbocycles. The molecule has 1 amide bonds. The highest BCUT2D eigenvalue weighted by molar-refractivity contribution is 6.30. The van der Waals surface area contributed by atoms with Crippen molar-refractivity contribution in [1.82, 2.24) is 9.88 Å². The van der Waals surface area contributed by atoms with Gasteiger partial charge in [0, 0.05) is 25.2 Å². The van der Waals surface area contributed by atoms with Gasteiger partial charge >= 0.3 is 5.97 Å². The summed E-state index contributed by atoms with van der Waals surface area (Å²) in [6.07, 6.45) is 1.49. The number of carbonyl (C=O) groups is 2. The molecule has 28 heavy (non-hydrogen) atoms. The third-order valence-corrected chi connectivity index (χ3v) is 5.16. The smallest absolute Gasteiger partial charge is 0.355 e. The molecular weight excluding hydrogens is 376 g/mol. The van der Waals surface area contributed by atoms with Gasteiger partial charge in [-0.2, -0.15) is 0 Å². The zero-order valence-electron chi connectivity index (χ0n) is 15.1. The van der Waals surface area contributed by atoms with Crippen LogP contribution in [0.2, 0.25) is 5.02 Å². The molecule has 0 fully saturated rings. The third-order valence-electron chi connectivity index (χ3n) is 4.94. The third kappa shape index (κ3) is 3.80. The SMILES string of the molecule is O=C(OCC(=O)N1Cc2ccccc2[C@H](c2ccccc2)C1)c1cc(Cl)c[nH]1. The van der Waals surface area contributed by atoms with Gasteiger partial charge in [0.05, 0.1) is 5.02 Å². The lowest BCUT2D eigenvalue weighted by atomic mass is 9.84. The number of hydrogen-bond acceptors (Lipinski definition) is 3. The van der Waals surface area contributed by atoms with E-state index in [0.29, 0.717) is 18.1 Å². The number of benzene rings is 2. The van der Waals surface area contributed by atoms with Crippen LogP contribution in [0.5, 0.6) is 0 Å². The number of nitrogens with one attached hydrogen (secondary N) is 1. The second-order valence-electron chi connectivity index (χ2n) is 6.74. The standard InChI is InChI=1S/C22H19ClN2O3/c23-17-10-20(24-11-17)22(27)28-14-21(26)25-12-16-8-4-5-9-18(16)19(13-25)15-6-2-1-3-7-15/h1-11,19,24H,12-14H2/t19-/m0/s1. The van der Waals surface area contributed by atoms with Gasteiger partial charge in [0.2, 0.25) is 0 Å². The lowest BCUT2D eigenvalue weighted by molar-refractivity contribution is -0.135. The number of fused-ring (bicyclic) bond motifs is 1. The predicted octanol–water partition coefficient (Wildman–Crippen LogP) is 4.00. The van der Waals surface area contributed by atoms with Crippen molar-refractivity contribution in [2.45, 2.75) is 12.5 Å². The van der Waals surface area contributed by atoms with E-state index < -0.39 is 5.97 Å². The Morgan fingerprint density at radius 2 is 1.86 bits per heavy atom. The first-order valence-electron chi connectivity index (χ1n) is 9.03. The van der Waals surface area contributed by atoms with Gasteiger partial charge in [-0.25, -0.2) is 4.79 Å². The molecule has 1 aliphatic rings. The Labute approximate surface area is 167 Å². The molecule has 0 unspecified atom stereocenters. The first kappa shape index (κ1) is 18.3. The fraction of sp³-hybridized carbons (Fsp3) is 0.182. The summed E-state index contributed by atoms with van der Waals surface area (Å²) in [6, 6.07) is 19.8. The first-order chi connectivity index (χ1) is 13.6. The maximum Gasteiger partial charge on any atom is 0.355 e. The molecule has 2 aromatic carbocycles. The zero-order valence-corrected chi connectivity index (χ0v) is 15.9. The minimum absolute atomic E-state index is 0.0908. The monoisotopic (exact) mass is 394 g/mol. The number of ether oxygens (including phenoxy) is 1. The minimum Gasteiger partial charge on any atom is -0.451 e. The van der Waals surface area contributed by atoms with Crippen LogP contribution >= 0.6 is 11.6 Å². The molecule has 3 aromatic rings. The van der Waals surface area contributed by atoms with Gasteiger partial charge in [-0.05, 0) is 22.8 Å². The van der Waals surface area contributed by atoms with Crippen LogP contribution in [0.4, 0.5) is 0 Å². The van der Waals surface area contributed by atoms with Crippen molar-refractivity contribution in [3.63, 3.8) is 0 Å². The number of rotatable bonds is 4. The highest BCUT2D eigenvalue weighted by atomic mass is 35.5. The van der Waals surface area contributed by atoms with Crippen molar-refractivity contribution in [2.75, 3.05) is 13.2 Å². The largest absolute Gasteiger partial charge is 0.451 e. The maximum absolute atomic E-state index is 12.7. The van der Waals surface area contributed by atoms with Gasteiger partial charge < -0.3 is 14.6 Å². The molecule has 0 bridgehead atoms. The summed E-state index contributed by atoms with van der Waals surface area (Å²) in [6.45, 7) is 0.745. The summed E-state index contributed by atoms with van der Waals surface area (Å²) in [5, 5.41) is 0.414. The molecule has 1 aromatic heterocycles. The molecule has 142 valence electrons. The fourth-order valence-electron chi connectivity index (χ4n) is 3.55. The van der Waals surface area contributed by atoms with Crippen LogP contribution in [0.15, 0.2) is 66.9 Å². The summed E-state index contributed by atoms with van der Waals surface area (Å²) in [4.78, 5) is 29.2. The molecule has 0 radical (unpaired) electrons. The van der Waals surface area contributed by atoms with E-state index in [1.165, 1.54) is 17.8 Å². The Balaban J connectivity index is 1.49. The fourth-order valence-corrected chi connectivity index (χ4v) is 3.71. The van der Waals surface area contributed by atoms with Crippen molar-refractivity contribution in [3.05, 3.63) is 94.3 Å². The normalized spacial score (nSPS) is 15.8. The number of esters is 1. The molecule has 0 aliphatic carbocycles. The van der Waals surface area contributed by atoms with Crippen LogP contribution in [0.1, 0.15) is 33.1 Å². The van der Waals surface area contributed by atoms with Gasteiger partial charge in [-0.15, -0.1) is 0 Å². The van der Waals surface area contributed by atoms with E-state index in [1.807, 2.05) is 36.4 Å². The predicted molar refractivity (Wildman–Crippen MR) is 106 cm³/mol. The summed E-state index contributed by atoms with van der Waals surface area (Å²) in [7, 11) is 0. The number of H-pyrrole nitrogens is 1. The molecule has 2 heterocycles. The molecule has 4 rings (SSSR count). The Kier molecular flexibility index (Phi) is 5.17. The molecule has 1 atom stereocenters. The topological polar surface area (TPSA) is 62.4 Å². The lowest BCUT2D eigenvalue weighted by Crippen LogP contribution is -2.40. The van der Waals surface area contributed by atoms with Crippen LogP contribution in [0.25, 0.3) is 0 Å². The quantitative estimate of drug-likeness (QED) is 0.680. The van der Waals surface area contributed by atoms with E-state index in [2.05, 4.69) is 23.2 Å². The number of carbonyl (C=O) groups excluding carboxylic acids is 2. The van der Waals surface area contributed by atoms with Crippen molar-refractivity contribution in [2.24, 2.45) is 0 Å². The van der Waals surface area contributed by atoms with E-state index in [4.69, 9.17) is 16.3 Å². The average Bonchev–Trinajstić information content (AvgIpc) is 3.18. The lowest BCUT2D eigenvalue weighted by Gasteiger charge is -2.35. The van der Waals surface area contributed by atoms with Crippen molar-refractivity contribution in [1.29, 1.82) is 0 Å². The second-order valence-corrected chi connectivity index (χ2v) is 7.18. The van der Waals surface area contributed by atoms with Gasteiger partial charge in [0.1, 0.15) is 5.69 Å². The van der Waals surface area contributed by atoms with Gasteiger partial charge in [-0.3, -0.25) is 4.79 Å². The number of halogens is 1. The van der Waals surface area contributed by atoms with E-state index in [1.54, 1.807) is 4.90 Å². The van der Waals surface area contributed by atoms with Crippen LogP contribution in [-0.2, 0) is 16.1 Å². The molecular formula is C22H19ClN2O3. The Morgan fingerprint density at radius 1 is 1.11 bits per heavy atom. The van der Waals surface area contributed by atoms with E-state index in [0.717, 1.165) is 11.1 Å². The highest BCUT2D eigenvalue weighted by Gasteiger charge is 2.29. The Morgan fingerprint density at radius 3 is 2.61 bits per heavy atom. The molecule has 5 nitrogen and oxygen atoms in total. The number of amides is 1. The highest BCUT2D eigenvalue weighted by Crippen LogP contribution is 2.33. The summed E-state index contributed by atoms with van der Waals surface area (Å²) in [5.74, 6) is -0.730. The summed E-state index contributed by atoms with van der Waals surface area (Å²) >= 11 is 5.80. The Hall–Kier alpha value is -3.05. The van der Waals surface area contributed by atoms with Gasteiger partial charge in [0.25, 0.3) is 5.91 Å². The minimum atomic E-state index is -0.600. The van der Waals surface area contributed by atoms with Crippen LogP contribution in [0.3, 0.4) is 0 Å². The van der Waals surface area contributed by atoms with Crippen LogP contribution in [-0.4, -0.2) is 34.9 Å². The van der Waals surface area contributed by atoms with Crippen LogP contribution in [0, 0.1) is 0 Å². The zero-order chi connectivity index (χ0) is 19.5. The summed E-state index contributed by atoms with van der Waals surface area (Å²) in [5.41, 5.74) is 3.73. The average molecular weight is 395 g/mol. The molecule has 0 saturated heterocycles. The van der Waals surface area contributed by atoms with E-state index >= 15 is 0 Å². The van der Waals surface area contributed by atoms with E-state index in [9.17, 15) is 9.59 Å². The summed E-state index contributed by atoms with van der Waals surface area (Å²) < 4.78 is 5.17. The van der Waals surface area contributed by atoms with Crippen molar-refractivity contribution >= 4 is 23.5 Å². The van der Waals surface area contributed by atoms with Gasteiger partial charge in [0.15, 0.2) is 6.61 Å². The number of nitrogens with zero attached hydrogens (tertiary/aromatic N) is 1. The second kappa shape index (κ2) is 7.90. The van der Waals surface area contributed by atoms with Crippen molar-refractivity contribution < 1.29 is 14.3 Å². The molecule has 0 spiro atoms.